The van der Waals surface area contributed by atoms with E-state index >= 15 is 0 Å². The second-order valence-electron chi connectivity index (χ2n) is 4.27. The first-order chi connectivity index (χ1) is 9.70. The number of alkyl halides is 2. The van der Waals surface area contributed by atoms with Crippen molar-refractivity contribution in [3.63, 3.8) is 0 Å². The maximum Gasteiger partial charge on any atom is 0.387 e. The molecule has 2 aromatic rings. The molecule has 0 N–H and O–H groups in total. The van der Waals surface area contributed by atoms with E-state index in [-0.39, 0.29) is 11.3 Å². The third-order valence-corrected chi connectivity index (χ3v) is 3.07. The van der Waals surface area contributed by atoms with Crippen molar-refractivity contribution in [1.29, 1.82) is 0 Å². The molecule has 5 heteroatoms. The van der Waals surface area contributed by atoms with Crippen molar-refractivity contribution in [3.05, 3.63) is 41.2 Å². The summed E-state index contributed by atoms with van der Waals surface area (Å²) in [6.07, 6.45) is 8.80. The highest BCUT2D eigenvalue weighted by Gasteiger charge is 2.20. The number of hydrogen-bond donors (Lipinski definition) is 0. The third-order valence-electron chi connectivity index (χ3n) is 3.07. The van der Waals surface area contributed by atoms with Crippen LogP contribution in [0.2, 0.25) is 0 Å². The van der Waals surface area contributed by atoms with E-state index in [2.05, 4.69) is 4.74 Å². The van der Waals surface area contributed by atoms with Crippen LogP contribution in [0.3, 0.4) is 0 Å². The zero-order valence-corrected chi connectivity index (χ0v) is 10.3. The third kappa shape index (κ3) is 2.01. The second kappa shape index (κ2) is 4.92. The Balaban J connectivity index is 2.32. The van der Waals surface area contributed by atoms with E-state index in [1.54, 1.807) is 6.08 Å². The number of furan rings is 1. The normalized spacial score (nSPS) is 13.6. The highest BCUT2D eigenvalue weighted by atomic mass is 19.3. The Hall–Kier alpha value is -2.43. The zero-order valence-electron chi connectivity index (χ0n) is 10.3. The summed E-state index contributed by atoms with van der Waals surface area (Å²) in [6, 6.07) is 2.76. The fourth-order valence-corrected chi connectivity index (χ4v) is 2.26. The number of allylic oxidation sites excluding steroid dienone is 2. The Morgan fingerprint density at radius 3 is 2.80 bits per heavy atom. The molecular formula is C15H10F2O3. The number of carbonyl (C=O) groups is 1. The first-order valence-corrected chi connectivity index (χ1v) is 6.03. The van der Waals surface area contributed by atoms with Crippen molar-refractivity contribution in [2.75, 3.05) is 0 Å². The maximum atomic E-state index is 12.4. The van der Waals surface area contributed by atoms with Crippen LogP contribution in [0.25, 0.3) is 23.1 Å². The Morgan fingerprint density at radius 1 is 1.25 bits per heavy atom. The minimum absolute atomic E-state index is 0.0736. The summed E-state index contributed by atoms with van der Waals surface area (Å²) >= 11 is 0. The van der Waals surface area contributed by atoms with E-state index in [1.165, 1.54) is 12.1 Å². The molecule has 0 fully saturated rings. The first kappa shape index (κ1) is 12.6. The van der Waals surface area contributed by atoms with E-state index in [0.29, 0.717) is 28.6 Å². The van der Waals surface area contributed by atoms with Gasteiger partial charge in [-0.15, -0.1) is 0 Å². The molecule has 102 valence electrons. The lowest BCUT2D eigenvalue weighted by atomic mass is 10.0. The van der Waals surface area contributed by atoms with Crippen LogP contribution in [0, 0.1) is 0 Å². The lowest BCUT2D eigenvalue weighted by molar-refractivity contribution is -0.0493. The summed E-state index contributed by atoms with van der Waals surface area (Å²) in [5, 5.41) is 0.496. The fraction of sp³-hybridized carbons (Fsp3) is 0.133. The molecule has 0 aliphatic heterocycles. The van der Waals surface area contributed by atoms with Gasteiger partial charge in [0.1, 0.15) is 5.76 Å². The lowest BCUT2D eigenvalue weighted by Crippen LogP contribution is -2.02. The predicted molar refractivity (Wildman–Crippen MR) is 70.9 cm³/mol. The molecule has 1 aliphatic rings. The predicted octanol–water partition coefficient (Wildman–Crippen LogP) is 4.28. The molecule has 1 aromatic carbocycles. The summed E-state index contributed by atoms with van der Waals surface area (Å²) in [7, 11) is 0. The second-order valence-corrected chi connectivity index (χ2v) is 4.27. The van der Waals surface area contributed by atoms with E-state index in [4.69, 9.17) is 4.42 Å². The van der Waals surface area contributed by atoms with Gasteiger partial charge in [0, 0.05) is 16.5 Å². The molecule has 0 saturated heterocycles. The number of aldehydes is 1. The quantitative estimate of drug-likeness (QED) is 0.785. The average Bonchev–Trinajstić information content (AvgIpc) is 2.63. The number of fused-ring (bicyclic) bond motifs is 3. The molecule has 0 saturated carbocycles. The molecule has 0 amide bonds. The Morgan fingerprint density at radius 2 is 2.05 bits per heavy atom. The van der Waals surface area contributed by atoms with Crippen LogP contribution in [-0.4, -0.2) is 12.9 Å². The summed E-state index contributed by atoms with van der Waals surface area (Å²) < 4.78 is 34.9. The highest BCUT2D eigenvalue weighted by molar-refractivity contribution is 6.04. The molecule has 3 nitrogen and oxygen atoms in total. The van der Waals surface area contributed by atoms with Gasteiger partial charge in [0.05, 0.1) is 0 Å². The van der Waals surface area contributed by atoms with Gasteiger partial charge in [-0.3, -0.25) is 4.79 Å². The SMILES string of the molecule is O=Cc1ccc(OC(F)F)c2oc3c(c12)C=CCC=C3. The molecule has 0 spiro atoms. The molecule has 0 bridgehead atoms. The van der Waals surface area contributed by atoms with E-state index in [0.717, 1.165) is 6.42 Å². The Bertz CT molecular complexity index is 726. The molecule has 0 radical (unpaired) electrons. The fourth-order valence-electron chi connectivity index (χ4n) is 2.26. The van der Waals surface area contributed by atoms with Crippen molar-refractivity contribution in [2.24, 2.45) is 0 Å². The van der Waals surface area contributed by atoms with E-state index < -0.39 is 6.61 Å². The van der Waals surface area contributed by atoms with Crippen LogP contribution >= 0.6 is 0 Å². The number of halogens is 2. The van der Waals surface area contributed by atoms with Crippen LogP contribution < -0.4 is 4.74 Å². The molecule has 0 unspecified atom stereocenters. The maximum absolute atomic E-state index is 12.4. The smallest absolute Gasteiger partial charge is 0.387 e. The first-order valence-electron chi connectivity index (χ1n) is 6.03. The van der Waals surface area contributed by atoms with Gasteiger partial charge in [-0.05, 0) is 24.6 Å². The number of hydrogen-bond acceptors (Lipinski definition) is 3. The van der Waals surface area contributed by atoms with Gasteiger partial charge < -0.3 is 9.15 Å². The van der Waals surface area contributed by atoms with Crippen molar-refractivity contribution < 1.29 is 22.7 Å². The van der Waals surface area contributed by atoms with Gasteiger partial charge in [0.2, 0.25) is 0 Å². The van der Waals surface area contributed by atoms with Crippen LogP contribution in [0.4, 0.5) is 8.78 Å². The molecule has 20 heavy (non-hydrogen) atoms. The minimum atomic E-state index is -2.95. The van der Waals surface area contributed by atoms with Crippen molar-refractivity contribution in [1.82, 2.24) is 0 Å². The lowest BCUT2D eigenvalue weighted by Gasteiger charge is -2.05. The zero-order chi connectivity index (χ0) is 14.1. The molecular weight excluding hydrogens is 266 g/mol. The topological polar surface area (TPSA) is 39.4 Å². The highest BCUT2D eigenvalue weighted by Crippen LogP contribution is 2.37. The number of carbonyl (C=O) groups excluding carboxylic acids is 1. The molecule has 1 heterocycles. The number of ether oxygens (including phenoxy) is 1. The van der Waals surface area contributed by atoms with E-state index in [9.17, 15) is 13.6 Å². The van der Waals surface area contributed by atoms with Gasteiger partial charge in [-0.1, -0.05) is 18.2 Å². The van der Waals surface area contributed by atoms with Gasteiger partial charge >= 0.3 is 6.61 Å². The van der Waals surface area contributed by atoms with Crippen LogP contribution in [0.15, 0.2) is 28.7 Å². The standard InChI is InChI=1S/C15H10F2O3/c16-15(17)20-12-7-6-9(8-18)13-10-4-2-1-3-5-11(10)19-14(12)13/h2-8,15H,1H2. The summed E-state index contributed by atoms with van der Waals surface area (Å²) in [5.41, 5.74) is 1.25. The Kier molecular flexibility index (Phi) is 3.10. The summed E-state index contributed by atoms with van der Waals surface area (Å²) in [6.45, 7) is -2.95. The van der Waals surface area contributed by atoms with Crippen LogP contribution in [0.1, 0.15) is 28.1 Å². The van der Waals surface area contributed by atoms with Crippen molar-refractivity contribution in [3.8, 4) is 5.75 Å². The largest absolute Gasteiger partial charge is 0.452 e. The summed E-state index contributed by atoms with van der Waals surface area (Å²) in [5.74, 6) is 0.456. The van der Waals surface area contributed by atoms with Crippen LogP contribution in [0.5, 0.6) is 5.75 Å². The monoisotopic (exact) mass is 276 g/mol. The average molecular weight is 276 g/mol. The van der Waals surface area contributed by atoms with Gasteiger partial charge in [-0.25, -0.2) is 0 Å². The number of benzene rings is 1. The van der Waals surface area contributed by atoms with Crippen molar-refractivity contribution >= 4 is 29.4 Å². The molecule has 1 aliphatic carbocycles. The van der Waals surface area contributed by atoms with Gasteiger partial charge in [0.25, 0.3) is 0 Å². The number of rotatable bonds is 3. The van der Waals surface area contributed by atoms with Crippen molar-refractivity contribution in [2.45, 2.75) is 13.0 Å². The van der Waals surface area contributed by atoms with Gasteiger partial charge in [0.15, 0.2) is 17.6 Å². The molecule has 3 rings (SSSR count). The molecule has 1 aromatic heterocycles. The van der Waals surface area contributed by atoms with Gasteiger partial charge in [-0.2, -0.15) is 8.78 Å². The minimum Gasteiger partial charge on any atom is -0.452 e. The Labute approximate surface area is 113 Å². The molecule has 0 atom stereocenters. The van der Waals surface area contributed by atoms with E-state index in [1.807, 2.05) is 18.2 Å². The van der Waals surface area contributed by atoms with Crippen LogP contribution in [-0.2, 0) is 0 Å². The summed E-state index contributed by atoms with van der Waals surface area (Å²) in [4.78, 5) is 11.2.